The molecule has 3 rings (SSSR count). The lowest BCUT2D eigenvalue weighted by Crippen LogP contribution is -2.48. The number of rotatable bonds is 7. The van der Waals surface area contributed by atoms with Crippen LogP contribution in [0.1, 0.15) is 50.4 Å². The molecule has 1 aliphatic heterocycles. The van der Waals surface area contributed by atoms with Gasteiger partial charge < -0.3 is 24.4 Å². The number of aliphatic hydroxyl groups is 1. The second kappa shape index (κ2) is 14.3. The molecule has 0 unspecified atom stereocenters. The van der Waals surface area contributed by atoms with Crippen molar-refractivity contribution in [3.05, 3.63) is 54.1 Å². The maximum absolute atomic E-state index is 14.1. The number of sulfonamides is 1. The molecule has 2 aromatic rings. The highest BCUT2D eigenvalue weighted by Crippen LogP contribution is 2.29. The second-order valence-corrected chi connectivity index (χ2v) is 13.0. The number of benzene rings is 2. The first-order chi connectivity index (χ1) is 18.9. The Kier molecular flexibility index (Phi) is 11.4. The Labute approximate surface area is 239 Å². The van der Waals surface area contributed by atoms with Gasteiger partial charge >= 0.3 is 0 Å². The van der Waals surface area contributed by atoms with Crippen LogP contribution in [0, 0.1) is 5.92 Å². The predicted molar refractivity (Wildman–Crippen MR) is 157 cm³/mol. The van der Waals surface area contributed by atoms with Gasteiger partial charge in [0.15, 0.2) is 0 Å². The second-order valence-electron chi connectivity index (χ2n) is 11.0. The summed E-state index contributed by atoms with van der Waals surface area (Å²) < 4.78 is 40.4. The van der Waals surface area contributed by atoms with Gasteiger partial charge in [-0.05, 0) is 63.4 Å². The fourth-order valence-corrected chi connectivity index (χ4v) is 5.98. The Morgan fingerprint density at radius 1 is 1.07 bits per heavy atom. The van der Waals surface area contributed by atoms with Crippen LogP contribution in [0.2, 0.25) is 0 Å². The van der Waals surface area contributed by atoms with Crippen LogP contribution in [-0.4, -0.2) is 94.3 Å². The Balaban J connectivity index is 1.96. The molecule has 0 aliphatic carbocycles. The first kappa shape index (κ1) is 31.9. The number of amides is 1. The van der Waals surface area contributed by atoms with Crippen molar-refractivity contribution in [2.75, 3.05) is 52.3 Å². The molecule has 0 aromatic heterocycles. The number of ether oxygens (including phenoxy) is 2. The van der Waals surface area contributed by atoms with Crippen molar-refractivity contribution in [1.29, 1.82) is 0 Å². The summed E-state index contributed by atoms with van der Waals surface area (Å²) >= 11 is 0. The van der Waals surface area contributed by atoms with Crippen LogP contribution in [0.4, 0.5) is 5.69 Å². The van der Waals surface area contributed by atoms with Gasteiger partial charge in [0, 0.05) is 52.4 Å². The van der Waals surface area contributed by atoms with Gasteiger partial charge in [-0.3, -0.25) is 4.79 Å². The lowest BCUT2D eigenvalue weighted by Gasteiger charge is -2.35. The van der Waals surface area contributed by atoms with Crippen LogP contribution >= 0.6 is 0 Å². The molecule has 0 fully saturated rings. The van der Waals surface area contributed by atoms with Gasteiger partial charge in [-0.1, -0.05) is 25.1 Å². The molecule has 1 amide bonds. The zero-order valence-corrected chi connectivity index (χ0v) is 25.4. The third kappa shape index (κ3) is 7.96. The molecule has 9 nitrogen and oxygen atoms in total. The maximum atomic E-state index is 14.1. The fraction of sp³-hybridized carbons (Fsp3) is 0.567. The number of anilines is 1. The predicted octanol–water partition coefficient (Wildman–Crippen LogP) is 3.87. The number of likely N-dealkylation sites (N-methyl/N-ethyl adjacent to an activating group) is 1. The third-order valence-corrected chi connectivity index (χ3v) is 9.28. The summed E-state index contributed by atoms with van der Waals surface area (Å²) in [7, 11) is 1.67. The molecule has 4 atom stereocenters. The van der Waals surface area contributed by atoms with E-state index in [4.69, 9.17) is 9.47 Å². The van der Waals surface area contributed by atoms with E-state index in [0.29, 0.717) is 17.9 Å². The summed E-state index contributed by atoms with van der Waals surface area (Å²) in [6.07, 6.45) is 1.88. The van der Waals surface area contributed by atoms with Crippen molar-refractivity contribution >= 4 is 21.6 Å². The van der Waals surface area contributed by atoms with Gasteiger partial charge in [-0.2, -0.15) is 4.31 Å². The van der Waals surface area contributed by atoms with Crippen molar-refractivity contribution in [3.63, 3.8) is 0 Å². The molecule has 10 heteroatoms. The SMILES string of the molecule is C[C@H](CO)N1C[C@H](C)[C@H](CN(C)S(=O)(=O)c2ccccc2)OCCCC[C@H](C)Oc2ccc(N(C)C)cc2C1=O. The quantitative estimate of drug-likeness (QED) is 0.535. The lowest BCUT2D eigenvalue weighted by atomic mass is 10.0. The standard InChI is InChI=1S/C30H45N3O6S/c1-22-19-33(23(2)21-34)30(35)27-18-25(31(4)5)15-16-28(27)39-24(3)12-10-11-17-38-29(22)20-32(6)40(36,37)26-13-8-7-9-14-26/h7-9,13-16,18,22-24,29,34H,10-12,17,19-21H2,1-6H3/t22-,23+,24-,29-/m0/s1. The molecule has 2 aromatic carbocycles. The van der Waals surface area contributed by atoms with E-state index in [1.54, 1.807) is 49.2 Å². The molecule has 222 valence electrons. The Hall–Kier alpha value is -2.66. The number of carbonyl (C=O) groups is 1. The fourth-order valence-electron chi connectivity index (χ4n) is 4.78. The topological polar surface area (TPSA) is 99.6 Å². The molecule has 0 radical (unpaired) electrons. The van der Waals surface area contributed by atoms with E-state index in [-0.39, 0.29) is 42.5 Å². The van der Waals surface area contributed by atoms with Crippen molar-refractivity contribution < 1.29 is 27.8 Å². The average molecular weight is 576 g/mol. The van der Waals surface area contributed by atoms with Gasteiger partial charge in [0.2, 0.25) is 10.0 Å². The van der Waals surface area contributed by atoms with Crippen LogP contribution in [0.5, 0.6) is 5.75 Å². The summed E-state index contributed by atoms with van der Waals surface area (Å²) in [5, 5.41) is 10.1. The van der Waals surface area contributed by atoms with Crippen LogP contribution in [-0.2, 0) is 14.8 Å². The van der Waals surface area contributed by atoms with Crippen LogP contribution < -0.4 is 9.64 Å². The summed E-state index contributed by atoms with van der Waals surface area (Å²) in [6, 6.07) is 13.5. The minimum Gasteiger partial charge on any atom is -0.490 e. The summed E-state index contributed by atoms with van der Waals surface area (Å²) in [5.41, 5.74) is 1.30. The number of aliphatic hydroxyl groups excluding tert-OH is 1. The van der Waals surface area contributed by atoms with E-state index in [1.807, 2.05) is 51.0 Å². The van der Waals surface area contributed by atoms with Gasteiger partial charge in [0.1, 0.15) is 5.75 Å². The number of fused-ring (bicyclic) bond motifs is 1. The normalized spacial score (nSPS) is 22.2. The Morgan fingerprint density at radius 3 is 2.42 bits per heavy atom. The number of carbonyl (C=O) groups excluding carboxylic acids is 1. The monoisotopic (exact) mass is 575 g/mol. The van der Waals surface area contributed by atoms with Gasteiger partial charge in [-0.25, -0.2) is 8.42 Å². The molecule has 1 N–H and O–H groups in total. The summed E-state index contributed by atoms with van der Waals surface area (Å²) in [4.78, 5) is 17.9. The molecule has 0 saturated heterocycles. The third-order valence-electron chi connectivity index (χ3n) is 7.44. The van der Waals surface area contributed by atoms with Gasteiger partial charge in [-0.15, -0.1) is 0 Å². The lowest BCUT2D eigenvalue weighted by molar-refractivity contribution is -0.00833. The van der Waals surface area contributed by atoms with Crippen LogP contribution in [0.25, 0.3) is 0 Å². The molecule has 40 heavy (non-hydrogen) atoms. The van der Waals surface area contributed by atoms with Gasteiger partial charge in [0.05, 0.1) is 35.3 Å². The van der Waals surface area contributed by atoms with Crippen LogP contribution in [0.15, 0.2) is 53.4 Å². The first-order valence-electron chi connectivity index (χ1n) is 14.0. The first-order valence-corrected chi connectivity index (χ1v) is 15.4. The Morgan fingerprint density at radius 2 is 1.77 bits per heavy atom. The van der Waals surface area contributed by atoms with Crippen molar-refractivity contribution in [1.82, 2.24) is 9.21 Å². The minimum absolute atomic E-state index is 0.111. The minimum atomic E-state index is -3.72. The molecule has 1 aliphatic rings. The highest BCUT2D eigenvalue weighted by atomic mass is 32.2. The van der Waals surface area contributed by atoms with Crippen molar-refractivity contribution in [2.24, 2.45) is 5.92 Å². The molecular weight excluding hydrogens is 530 g/mol. The van der Waals surface area contributed by atoms with E-state index in [1.165, 1.54) is 4.31 Å². The maximum Gasteiger partial charge on any atom is 0.258 e. The molecular formula is C30H45N3O6S. The van der Waals surface area contributed by atoms with Gasteiger partial charge in [0.25, 0.3) is 5.91 Å². The number of hydrogen-bond donors (Lipinski definition) is 1. The smallest absolute Gasteiger partial charge is 0.258 e. The zero-order chi connectivity index (χ0) is 29.4. The molecule has 1 heterocycles. The highest BCUT2D eigenvalue weighted by molar-refractivity contribution is 7.89. The Bertz CT molecular complexity index is 1210. The largest absolute Gasteiger partial charge is 0.490 e. The summed E-state index contributed by atoms with van der Waals surface area (Å²) in [5.74, 6) is 0.0412. The molecule has 0 spiro atoms. The van der Waals surface area contributed by atoms with E-state index >= 15 is 0 Å². The number of nitrogens with zero attached hydrogens (tertiary/aromatic N) is 3. The van der Waals surface area contributed by atoms with Crippen LogP contribution in [0.3, 0.4) is 0 Å². The van der Waals surface area contributed by atoms with Crippen molar-refractivity contribution in [3.8, 4) is 5.75 Å². The molecule has 0 bridgehead atoms. The van der Waals surface area contributed by atoms with E-state index < -0.39 is 22.2 Å². The molecule has 0 saturated carbocycles. The average Bonchev–Trinajstić information content (AvgIpc) is 2.94. The zero-order valence-electron chi connectivity index (χ0n) is 24.6. The number of hydrogen-bond acceptors (Lipinski definition) is 7. The van der Waals surface area contributed by atoms with E-state index in [9.17, 15) is 18.3 Å². The highest BCUT2D eigenvalue weighted by Gasteiger charge is 2.32. The van der Waals surface area contributed by atoms with E-state index in [0.717, 1.165) is 24.9 Å². The summed E-state index contributed by atoms with van der Waals surface area (Å²) in [6.45, 7) is 6.40. The van der Waals surface area contributed by atoms with Crippen molar-refractivity contribution in [2.45, 2.75) is 63.2 Å². The van der Waals surface area contributed by atoms with E-state index in [2.05, 4.69) is 0 Å².